The van der Waals surface area contributed by atoms with Crippen molar-refractivity contribution < 1.29 is 38.6 Å². The summed E-state index contributed by atoms with van der Waals surface area (Å²) in [5, 5.41) is 20.7. The molecule has 1 aromatic rings. The number of ether oxygens (including phenoxy) is 3. The maximum atomic E-state index is 12.9. The Bertz CT molecular complexity index is 968. The second-order valence-corrected chi connectivity index (χ2v) is 7.99. The molecule has 4 atom stereocenters. The largest absolute Gasteiger partial charge is 0.513 e. The van der Waals surface area contributed by atoms with E-state index in [2.05, 4.69) is 0 Å². The van der Waals surface area contributed by atoms with Gasteiger partial charge in [-0.2, -0.15) is 0 Å². The molecule has 32 heavy (non-hydrogen) atoms. The summed E-state index contributed by atoms with van der Waals surface area (Å²) in [7, 11) is 0. The molecule has 2 aliphatic rings. The molecule has 1 N–H and O–H groups in total. The number of carbonyl (C=O) groups excluding carboxylic acids is 3. The van der Waals surface area contributed by atoms with Crippen LogP contribution in [0, 0.1) is 22.0 Å². The van der Waals surface area contributed by atoms with Crippen LogP contribution in [0.15, 0.2) is 35.7 Å². The topological polar surface area (TPSA) is 146 Å². The smallest absolute Gasteiger partial charge is 0.456 e. The second kappa shape index (κ2) is 8.95. The minimum absolute atomic E-state index is 0.0640. The van der Waals surface area contributed by atoms with E-state index in [1.165, 1.54) is 36.1 Å². The Morgan fingerprint density at radius 2 is 1.84 bits per heavy atom. The highest BCUT2D eigenvalue weighted by atomic mass is 16.7. The van der Waals surface area contributed by atoms with E-state index in [1.807, 2.05) is 0 Å². The van der Waals surface area contributed by atoms with Gasteiger partial charge in [-0.3, -0.25) is 19.8 Å². The van der Waals surface area contributed by atoms with E-state index in [9.17, 15) is 29.6 Å². The number of non-ortho nitro benzene ring substituents is 1. The van der Waals surface area contributed by atoms with Gasteiger partial charge in [0.15, 0.2) is 5.70 Å². The van der Waals surface area contributed by atoms with Crippen LogP contribution in [0.25, 0.3) is 0 Å². The number of nitro benzene ring substituents is 1. The number of nitrogens with zero attached hydrogens (tertiary/aromatic N) is 2. The third-order valence-corrected chi connectivity index (χ3v) is 5.34. The lowest BCUT2D eigenvalue weighted by Crippen LogP contribution is -2.63. The van der Waals surface area contributed by atoms with Crippen LogP contribution in [0.4, 0.5) is 10.5 Å². The van der Waals surface area contributed by atoms with Crippen molar-refractivity contribution in [3.63, 3.8) is 0 Å². The lowest BCUT2D eigenvalue weighted by Gasteiger charge is -2.46. The second-order valence-electron chi connectivity index (χ2n) is 7.99. The van der Waals surface area contributed by atoms with E-state index < -0.39 is 53.0 Å². The molecule has 2 heterocycles. The summed E-state index contributed by atoms with van der Waals surface area (Å²) in [6, 6.07) is 4.87. The van der Waals surface area contributed by atoms with Gasteiger partial charge in [0.1, 0.15) is 12.4 Å². The van der Waals surface area contributed by atoms with Crippen molar-refractivity contribution in [1.29, 1.82) is 0 Å². The molecular formula is C21H24N2O9. The highest BCUT2D eigenvalue weighted by molar-refractivity contribution is 6.00. The molecule has 0 saturated carbocycles. The van der Waals surface area contributed by atoms with Crippen LogP contribution in [-0.2, 0) is 30.4 Å². The number of benzene rings is 1. The third kappa shape index (κ3) is 4.28. The van der Waals surface area contributed by atoms with Gasteiger partial charge in [-0.15, -0.1) is 0 Å². The van der Waals surface area contributed by atoms with Crippen LogP contribution in [0.1, 0.15) is 33.3 Å². The van der Waals surface area contributed by atoms with Gasteiger partial charge >= 0.3 is 12.1 Å². The van der Waals surface area contributed by atoms with Crippen molar-refractivity contribution in [3.8, 4) is 0 Å². The van der Waals surface area contributed by atoms with Crippen LogP contribution >= 0.6 is 0 Å². The molecule has 0 aromatic heterocycles. The van der Waals surface area contributed by atoms with Gasteiger partial charge in [0.05, 0.1) is 29.1 Å². The summed E-state index contributed by atoms with van der Waals surface area (Å²) in [4.78, 5) is 49.0. The van der Waals surface area contributed by atoms with Gasteiger partial charge in [0, 0.05) is 18.1 Å². The summed E-state index contributed by atoms with van der Waals surface area (Å²) in [5.41, 5.74) is 0.169. The number of amides is 1. The molecule has 2 aliphatic heterocycles. The van der Waals surface area contributed by atoms with Crippen molar-refractivity contribution in [2.75, 3.05) is 0 Å². The monoisotopic (exact) mass is 448 g/mol. The number of aliphatic hydroxyl groups excluding tert-OH is 1. The number of rotatable bonds is 7. The van der Waals surface area contributed by atoms with Crippen LogP contribution in [0.5, 0.6) is 0 Å². The summed E-state index contributed by atoms with van der Waals surface area (Å²) < 4.78 is 15.6. The molecule has 172 valence electrons. The van der Waals surface area contributed by atoms with Crippen LogP contribution < -0.4 is 0 Å². The molecule has 11 nitrogen and oxygen atoms in total. The Kier molecular flexibility index (Phi) is 6.49. The first-order chi connectivity index (χ1) is 15.0. The van der Waals surface area contributed by atoms with Gasteiger partial charge in [-0.25, -0.2) is 9.59 Å². The van der Waals surface area contributed by atoms with Crippen molar-refractivity contribution in [3.05, 3.63) is 51.4 Å². The zero-order valence-electron chi connectivity index (χ0n) is 18.0. The SMILES string of the molecule is CC(C)OC(=O)OC1=C(C(=O)OCc2ccc([N+](=O)[O-])cc2)N2C(=O)[C@H]([C@@H](C)O)[C@H]2[C@H]1C. The van der Waals surface area contributed by atoms with Gasteiger partial charge in [-0.1, -0.05) is 6.92 Å². The molecule has 3 rings (SSSR count). The molecule has 1 aromatic carbocycles. The fourth-order valence-corrected chi connectivity index (χ4v) is 3.88. The fourth-order valence-electron chi connectivity index (χ4n) is 3.88. The number of hydrogen-bond donors (Lipinski definition) is 1. The molecule has 0 unspecified atom stereocenters. The minimum Gasteiger partial charge on any atom is -0.456 e. The molecule has 0 radical (unpaired) electrons. The zero-order chi connectivity index (χ0) is 23.7. The molecule has 11 heteroatoms. The predicted molar refractivity (Wildman–Crippen MR) is 108 cm³/mol. The maximum absolute atomic E-state index is 12.9. The highest BCUT2D eigenvalue weighted by Crippen LogP contribution is 2.47. The standard InChI is InChI=1S/C21H24N2O9/c1-10(2)31-21(27)32-18-11(3)16-15(12(4)24)19(25)22(16)17(18)20(26)30-9-13-5-7-14(8-6-13)23(28)29/h5-8,10-12,15-16,24H,9H2,1-4H3/t11-,12-,15-,16-/m1/s1. The van der Waals surface area contributed by atoms with Crippen LogP contribution in [0.3, 0.4) is 0 Å². The summed E-state index contributed by atoms with van der Waals surface area (Å²) in [5.74, 6) is -2.75. The Morgan fingerprint density at radius 3 is 2.38 bits per heavy atom. The molecule has 1 fully saturated rings. The summed E-state index contributed by atoms with van der Waals surface area (Å²) in [6.45, 7) is 6.20. The Labute approximate surface area is 183 Å². The van der Waals surface area contributed by atoms with Crippen molar-refractivity contribution in [1.82, 2.24) is 4.90 Å². The number of esters is 1. The van der Waals surface area contributed by atoms with Crippen molar-refractivity contribution >= 4 is 23.7 Å². The molecule has 0 aliphatic carbocycles. The van der Waals surface area contributed by atoms with E-state index in [1.54, 1.807) is 20.8 Å². The molecule has 1 amide bonds. The lowest BCUT2D eigenvalue weighted by atomic mass is 9.79. The maximum Gasteiger partial charge on any atom is 0.513 e. The fraction of sp³-hybridized carbons (Fsp3) is 0.476. The third-order valence-electron chi connectivity index (χ3n) is 5.34. The Balaban J connectivity index is 1.82. The summed E-state index contributed by atoms with van der Waals surface area (Å²) in [6.07, 6.45) is -2.43. The number of nitro groups is 1. The summed E-state index contributed by atoms with van der Waals surface area (Å²) >= 11 is 0. The zero-order valence-corrected chi connectivity index (χ0v) is 18.0. The van der Waals surface area contributed by atoms with Crippen molar-refractivity contribution in [2.45, 2.75) is 52.6 Å². The van der Waals surface area contributed by atoms with Crippen molar-refractivity contribution in [2.24, 2.45) is 11.8 Å². The Hall–Kier alpha value is -3.47. The number of fused-ring (bicyclic) bond motifs is 1. The molecule has 0 spiro atoms. The lowest BCUT2D eigenvalue weighted by molar-refractivity contribution is -0.384. The van der Waals surface area contributed by atoms with Gasteiger partial charge in [0.25, 0.3) is 5.69 Å². The quantitative estimate of drug-likeness (QED) is 0.287. The van der Waals surface area contributed by atoms with Crippen LogP contribution in [-0.4, -0.2) is 51.2 Å². The first-order valence-electron chi connectivity index (χ1n) is 10.1. The first-order valence-corrected chi connectivity index (χ1v) is 10.1. The molecule has 1 saturated heterocycles. The van der Waals surface area contributed by atoms with E-state index in [0.717, 1.165) is 0 Å². The van der Waals surface area contributed by atoms with E-state index in [-0.39, 0.29) is 23.8 Å². The number of β-lactam (4-membered cyclic amide) rings is 1. The van der Waals surface area contributed by atoms with Gasteiger partial charge in [0.2, 0.25) is 5.91 Å². The van der Waals surface area contributed by atoms with Crippen LogP contribution in [0.2, 0.25) is 0 Å². The Morgan fingerprint density at radius 1 is 1.22 bits per heavy atom. The molecule has 0 bridgehead atoms. The number of carbonyl (C=O) groups is 3. The average molecular weight is 448 g/mol. The molecular weight excluding hydrogens is 424 g/mol. The first kappa shape index (κ1) is 23.2. The average Bonchev–Trinajstić information content (AvgIpc) is 2.94. The normalized spacial score (nSPS) is 22.9. The highest BCUT2D eigenvalue weighted by Gasteiger charge is 2.61. The van der Waals surface area contributed by atoms with E-state index in [4.69, 9.17) is 14.2 Å². The van der Waals surface area contributed by atoms with E-state index in [0.29, 0.717) is 5.56 Å². The van der Waals surface area contributed by atoms with Gasteiger partial charge in [-0.05, 0) is 38.5 Å². The number of aliphatic hydroxyl groups is 1. The van der Waals surface area contributed by atoms with E-state index >= 15 is 0 Å². The minimum atomic E-state index is -1.02. The predicted octanol–water partition coefficient (Wildman–Crippen LogP) is 2.27. The van der Waals surface area contributed by atoms with Gasteiger partial charge < -0.3 is 19.3 Å². The number of hydrogen-bond acceptors (Lipinski definition) is 9.